The van der Waals surface area contributed by atoms with Gasteiger partial charge in [0.2, 0.25) is 0 Å². The van der Waals surface area contributed by atoms with E-state index in [1.165, 1.54) is 37.1 Å². The van der Waals surface area contributed by atoms with Crippen LogP contribution in [0.3, 0.4) is 0 Å². The minimum Gasteiger partial charge on any atom is -0.493 e. The third-order valence-corrected chi connectivity index (χ3v) is 6.05. The molecule has 0 saturated carbocycles. The van der Waals surface area contributed by atoms with Crippen molar-refractivity contribution in [3.8, 4) is 11.5 Å². The average molecular weight is 367 g/mol. The number of fused-ring (bicyclic) bond motifs is 1. The first-order valence-electron chi connectivity index (χ1n) is 9.99. The maximum atomic E-state index is 5.51. The van der Waals surface area contributed by atoms with Crippen molar-refractivity contribution in [1.29, 1.82) is 0 Å². The normalized spacial score (nSPS) is 23.2. The predicted octanol–water partition coefficient (Wildman–Crippen LogP) is 3.60. The minimum atomic E-state index is 0.551. The molecule has 4 heteroatoms. The van der Waals surface area contributed by atoms with Gasteiger partial charge in [-0.15, -0.1) is 0 Å². The smallest absolute Gasteiger partial charge is 0.161 e. The Labute approximate surface area is 162 Å². The third-order valence-electron chi connectivity index (χ3n) is 6.05. The number of rotatable bonds is 6. The summed E-state index contributed by atoms with van der Waals surface area (Å²) in [5.74, 6) is 1.61. The molecule has 4 nitrogen and oxygen atoms in total. The van der Waals surface area contributed by atoms with Gasteiger partial charge >= 0.3 is 0 Å². The molecule has 144 valence electrons. The van der Waals surface area contributed by atoms with E-state index in [0.717, 1.165) is 37.1 Å². The molecule has 0 amide bonds. The quantitative estimate of drug-likeness (QED) is 0.780. The molecule has 4 rings (SSSR count). The van der Waals surface area contributed by atoms with Gasteiger partial charge in [0.1, 0.15) is 0 Å². The van der Waals surface area contributed by atoms with Crippen molar-refractivity contribution < 1.29 is 9.47 Å². The fraction of sp³-hybridized carbons (Fsp3) is 0.478. The molecule has 0 bridgehead atoms. The summed E-state index contributed by atoms with van der Waals surface area (Å²) >= 11 is 0. The zero-order valence-electron chi connectivity index (χ0n) is 16.4. The predicted molar refractivity (Wildman–Crippen MR) is 108 cm³/mol. The summed E-state index contributed by atoms with van der Waals surface area (Å²) in [7, 11) is 3.39. The van der Waals surface area contributed by atoms with Crippen LogP contribution in [0.25, 0.3) is 0 Å². The van der Waals surface area contributed by atoms with Crippen LogP contribution in [0, 0.1) is 0 Å². The molecular formula is C23H30N2O2. The van der Waals surface area contributed by atoms with E-state index in [0.29, 0.717) is 6.04 Å². The summed E-state index contributed by atoms with van der Waals surface area (Å²) in [5.41, 5.74) is 2.72. The van der Waals surface area contributed by atoms with Crippen LogP contribution in [0.15, 0.2) is 48.5 Å². The molecule has 2 atom stereocenters. The van der Waals surface area contributed by atoms with E-state index in [1.54, 1.807) is 14.2 Å². The maximum Gasteiger partial charge on any atom is 0.161 e. The number of nitrogens with zero attached hydrogens (tertiary/aromatic N) is 2. The van der Waals surface area contributed by atoms with Crippen molar-refractivity contribution in [1.82, 2.24) is 9.80 Å². The van der Waals surface area contributed by atoms with Crippen molar-refractivity contribution in [2.45, 2.75) is 37.9 Å². The summed E-state index contributed by atoms with van der Waals surface area (Å²) < 4.78 is 10.9. The van der Waals surface area contributed by atoms with E-state index in [9.17, 15) is 0 Å². The lowest BCUT2D eigenvalue weighted by molar-refractivity contribution is 0.0455. The molecule has 2 aromatic carbocycles. The molecule has 2 aromatic rings. The fourth-order valence-electron chi connectivity index (χ4n) is 4.64. The Hall–Kier alpha value is -2.04. The second-order valence-corrected chi connectivity index (χ2v) is 7.75. The SMILES string of the molecule is COc1ccc(CN2C[C@@H]3CCCN3C[C@@H]2Cc2ccccc2)cc1OC. The number of hydrogen-bond donors (Lipinski definition) is 0. The first-order valence-corrected chi connectivity index (χ1v) is 9.99. The molecule has 0 aliphatic carbocycles. The topological polar surface area (TPSA) is 24.9 Å². The molecule has 2 aliphatic heterocycles. The Kier molecular flexibility index (Phi) is 5.65. The highest BCUT2D eigenvalue weighted by Gasteiger charge is 2.36. The van der Waals surface area contributed by atoms with Gasteiger partial charge in [0.25, 0.3) is 0 Å². The van der Waals surface area contributed by atoms with Gasteiger partial charge in [0.15, 0.2) is 11.5 Å². The van der Waals surface area contributed by atoms with E-state index in [1.807, 2.05) is 6.07 Å². The lowest BCUT2D eigenvalue weighted by atomic mass is 9.99. The van der Waals surface area contributed by atoms with Crippen molar-refractivity contribution in [2.75, 3.05) is 33.9 Å². The standard InChI is InChI=1S/C23H30N2O2/c1-26-22-11-10-19(14-23(22)27-2)15-25-16-20-9-6-12-24(20)17-21(25)13-18-7-4-3-5-8-18/h3-5,7-8,10-11,14,20-21H,6,9,12-13,15-17H2,1-2H3/t20-,21-/m0/s1. The highest BCUT2D eigenvalue weighted by atomic mass is 16.5. The lowest BCUT2D eigenvalue weighted by Crippen LogP contribution is -2.56. The van der Waals surface area contributed by atoms with Crippen LogP contribution < -0.4 is 9.47 Å². The van der Waals surface area contributed by atoms with Gasteiger partial charge in [0, 0.05) is 31.7 Å². The van der Waals surface area contributed by atoms with Crippen molar-refractivity contribution in [2.24, 2.45) is 0 Å². The largest absolute Gasteiger partial charge is 0.493 e. The summed E-state index contributed by atoms with van der Waals surface area (Å²) in [6, 6.07) is 18.5. The number of piperazine rings is 1. The van der Waals surface area contributed by atoms with Crippen LogP contribution in [-0.2, 0) is 13.0 Å². The molecule has 0 N–H and O–H groups in total. The number of methoxy groups -OCH3 is 2. The van der Waals surface area contributed by atoms with Crippen molar-refractivity contribution in [3.63, 3.8) is 0 Å². The first-order chi connectivity index (χ1) is 13.3. The number of ether oxygens (including phenoxy) is 2. The van der Waals surface area contributed by atoms with E-state index in [-0.39, 0.29) is 0 Å². The van der Waals surface area contributed by atoms with Gasteiger partial charge in [-0.3, -0.25) is 9.80 Å². The van der Waals surface area contributed by atoms with Crippen LogP contribution in [0.4, 0.5) is 0 Å². The Morgan fingerprint density at radius 2 is 1.74 bits per heavy atom. The molecule has 27 heavy (non-hydrogen) atoms. The highest BCUT2D eigenvalue weighted by Crippen LogP contribution is 2.31. The van der Waals surface area contributed by atoms with Gasteiger partial charge in [-0.25, -0.2) is 0 Å². The molecule has 0 aromatic heterocycles. The summed E-state index contributed by atoms with van der Waals surface area (Å²) in [6.07, 6.45) is 3.78. The molecule has 0 unspecified atom stereocenters. The summed E-state index contributed by atoms with van der Waals surface area (Å²) in [6.45, 7) is 4.56. The van der Waals surface area contributed by atoms with Crippen molar-refractivity contribution >= 4 is 0 Å². The Balaban J connectivity index is 1.53. The summed E-state index contributed by atoms with van der Waals surface area (Å²) in [4.78, 5) is 5.39. The average Bonchev–Trinajstić information content (AvgIpc) is 3.16. The van der Waals surface area contributed by atoms with Gasteiger partial charge in [-0.05, 0) is 49.1 Å². The first kappa shape index (κ1) is 18.3. The van der Waals surface area contributed by atoms with E-state index in [2.05, 4.69) is 52.3 Å². The fourth-order valence-corrected chi connectivity index (χ4v) is 4.64. The Morgan fingerprint density at radius 1 is 0.926 bits per heavy atom. The molecule has 2 heterocycles. The maximum absolute atomic E-state index is 5.51. The Morgan fingerprint density at radius 3 is 2.52 bits per heavy atom. The van der Waals surface area contributed by atoms with Gasteiger partial charge < -0.3 is 9.47 Å². The molecule has 0 radical (unpaired) electrons. The van der Waals surface area contributed by atoms with Crippen molar-refractivity contribution in [3.05, 3.63) is 59.7 Å². The van der Waals surface area contributed by atoms with Gasteiger partial charge in [-0.2, -0.15) is 0 Å². The molecular weight excluding hydrogens is 336 g/mol. The van der Waals surface area contributed by atoms with Crippen LogP contribution in [0.5, 0.6) is 11.5 Å². The van der Waals surface area contributed by atoms with E-state index in [4.69, 9.17) is 9.47 Å². The number of hydrogen-bond acceptors (Lipinski definition) is 4. The molecule has 2 aliphatic rings. The highest BCUT2D eigenvalue weighted by molar-refractivity contribution is 5.42. The van der Waals surface area contributed by atoms with Gasteiger partial charge in [0.05, 0.1) is 14.2 Å². The second kappa shape index (κ2) is 8.32. The molecule has 2 fully saturated rings. The minimum absolute atomic E-state index is 0.551. The second-order valence-electron chi connectivity index (χ2n) is 7.75. The molecule has 0 spiro atoms. The van der Waals surface area contributed by atoms with Crippen LogP contribution in [0.2, 0.25) is 0 Å². The zero-order chi connectivity index (χ0) is 18.6. The number of benzene rings is 2. The monoisotopic (exact) mass is 366 g/mol. The summed E-state index contributed by atoms with van der Waals surface area (Å²) in [5, 5.41) is 0. The van der Waals surface area contributed by atoms with E-state index >= 15 is 0 Å². The Bertz CT molecular complexity index is 749. The van der Waals surface area contributed by atoms with E-state index < -0.39 is 0 Å². The van der Waals surface area contributed by atoms with Crippen LogP contribution in [-0.4, -0.2) is 55.7 Å². The van der Waals surface area contributed by atoms with Crippen LogP contribution in [0.1, 0.15) is 24.0 Å². The van der Waals surface area contributed by atoms with Gasteiger partial charge in [-0.1, -0.05) is 36.4 Å². The lowest BCUT2D eigenvalue weighted by Gasteiger charge is -2.44. The molecule has 2 saturated heterocycles. The zero-order valence-corrected chi connectivity index (χ0v) is 16.4. The third kappa shape index (κ3) is 4.12. The van der Waals surface area contributed by atoms with Crippen LogP contribution >= 0.6 is 0 Å².